The summed E-state index contributed by atoms with van der Waals surface area (Å²) < 4.78 is 5.00. The van der Waals surface area contributed by atoms with Crippen LogP contribution in [-0.4, -0.2) is 23.8 Å². The van der Waals surface area contributed by atoms with Crippen LogP contribution < -0.4 is 0 Å². The van der Waals surface area contributed by atoms with Gasteiger partial charge in [-0.3, -0.25) is 4.79 Å². The molecule has 0 radical (unpaired) electrons. The predicted octanol–water partition coefficient (Wildman–Crippen LogP) is 2.57. The van der Waals surface area contributed by atoms with Gasteiger partial charge in [0.05, 0.1) is 5.41 Å². The molecule has 0 aliphatic rings. The van der Waals surface area contributed by atoms with E-state index in [1.165, 1.54) is 5.56 Å². The monoisotopic (exact) mass is 274 g/mol. The number of aryl methyl sites for hydroxylation is 1. The van der Waals surface area contributed by atoms with Crippen molar-refractivity contribution in [3.63, 3.8) is 0 Å². The van der Waals surface area contributed by atoms with Gasteiger partial charge in [-0.25, -0.2) is 0 Å². The number of carbonyl (C=O) groups excluding carboxylic acids is 1. The number of carbonyl (C=O) groups is 1. The summed E-state index contributed by atoms with van der Waals surface area (Å²) in [5.41, 5.74) is 0.653. The molecule has 1 rings (SSSR count). The number of aliphatic hydroxyl groups is 1. The molecule has 108 valence electrons. The Kier molecular flexibility index (Phi) is 6.27. The van der Waals surface area contributed by atoms with Crippen LogP contribution in [0.4, 0.5) is 0 Å². The fourth-order valence-electron chi connectivity index (χ4n) is 1.50. The third kappa shape index (κ3) is 6.40. The maximum absolute atomic E-state index is 11.5. The average molecular weight is 274 g/mol. The highest BCUT2D eigenvalue weighted by atomic mass is 16.5. The Morgan fingerprint density at radius 1 is 1.30 bits per heavy atom. The number of aliphatic hydroxyl groups excluding tert-OH is 1. The standard InChI is InChI=1S/C17H22O3/c1-17(2,3)16(19)20-13-7-10-15(18)12-11-14-8-5-4-6-9-14/h4-6,8-9,15,18H,11-13H2,1-3H3. The van der Waals surface area contributed by atoms with Crippen molar-refractivity contribution in [1.29, 1.82) is 0 Å². The van der Waals surface area contributed by atoms with Gasteiger partial charge in [0.15, 0.2) is 6.61 Å². The quantitative estimate of drug-likeness (QED) is 0.678. The molecule has 1 aromatic carbocycles. The van der Waals surface area contributed by atoms with E-state index < -0.39 is 11.5 Å². The summed E-state index contributed by atoms with van der Waals surface area (Å²) in [5.74, 6) is 5.08. The van der Waals surface area contributed by atoms with E-state index in [1.54, 1.807) is 20.8 Å². The molecule has 0 amide bonds. The maximum atomic E-state index is 11.5. The van der Waals surface area contributed by atoms with Gasteiger partial charge in [0, 0.05) is 0 Å². The zero-order valence-electron chi connectivity index (χ0n) is 12.3. The zero-order valence-corrected chi connectivity index (χ0v) is 12.3. The van der Waals surface area contributed by atoms with Crippen LogP contribution in [0.15, 0.2) is 30.3 Å². The highest BCUT2D eigenvalue weighted by Gasteiger charge is 2.22. The first kappa shape index (κ1) is 16.3. The van der Waals surface area contributed by atoms with E-state index in [1.807, 2.05) is 30.3 Å². The lowest BCUT2D eigenvalue weighted by molar-refractivity contribution is -0.151. The van der Waals surface area contributed by atoms with Crippen molar-refractivity contribution in [2.24, 2.45) is 5.41 Å². The summed E-state index contributed by atoms with van der Waals surface area (Å²) in [6.45, 7) is 5.39. The van der Waals surface area contributed by atoms with Crippen LogP contribution in [0.25, 0.3) is 0 Å². The van der Waals surface area contributed by atoms with Crippen molar-refractivity contribution >= 4 is 5.97 Å². The zero-order chi connectivity index (χ0) is 15.0. The summed E-state index contributed by atoms with van der Waals surface area (Å²) in [7, 11) is 0. The fourth-order valence-corrected chi connectivity index (χ4v) is 1.50. The Bertz CT molecular complexity index is 474. The van der Waals surface area contributed by atoms with Gasteiger partial charge >= 0.3 is 5.97 Å². The minimum absolute atomic E-state index is 0.0263. The Labute approximate surface area is 121 Å². The van der Waals surface area contributed by atoms with E-state index in [0.29, 0.717) is 6.42 Å². The molecule has 3 nitrogen and oxygen atoms in total. The Morgan fingerprint density at radius 3 is 2.55 bits per heavy atom. The Morgan fingerprint density at radius 2 is 1.95 bits per heavy atom. The molecular formula is C17H22O3. The van der Waals surface area contributed by atoms with Crippen molar-refractivity contribution in [2.75, 3.05) is 6.61 Å². The number of hydrogen-bond donors (Lipinski definition) is 1. The minimum atomic E-state index is -0.691. The summed E-state index contributed by atoms with van der Waals surface area (Å²) in [4.78, 5) is 11.5. The second-order valence-electron chi connectivity index (χ2n) is 5.69. The van der Waals surface area contributed by atoms with Gasteiger partial charge < -0.3 is 9.84 Å². The summed E-state index contributed by atoms with van der Waals surface area (Å²) in [5, 5.41) is 9.72. The van der Waals surface area contributed by atoms with Crippen molar-refractivity contribution in [3.05, 3.63) is 35.9 Å². The van der Waals surface area contributed by atoms with Crippen LogP contribution in [0, 0.1) is 17.3 Å². The smallest absolute Gasteiger partial charge is 0.312 e. The van der Waals surface area contributed by atoms with Gasteiger partial charge in [-0.05, 0) is 39.2 Å². The molecule has 0 heterocycles. The lowest BCUT2D eigenvalue weighted by Crippen LogP contribution is -2.23. The molecule has 0 bridgehead atoms. The van der Waals surface area contributed by atoms with E-state index in [4.69, 9.17) is 4.74 Å². The molecule has 1 unspecified atom stereocenters. The number of benzene rings is 1. The van der Waals surface area contributed by atoms with Crippen LogP contribution >= 0.6 is 0 Å². The average Bonchev–Trinajstić information content (AvgIpc) is 2.41. The summed E-state index contributed by atoms with van der Waals surface area (Å²) in [6.07, 6.45) is 0.659. The van der Waals surface area contributed by atoms with Gasteiger partial charge in [-0.15, -0.1) is 0 Å². The first-order valence-corrected chi connectivity index (χ1v) is 6.77. The molecule has 0 aromatic heterocycles. The molecule has 0 spiro atoms. The van der Waals surface area contributed by atoms with Crippen molar-refractivity contribution < 1.29 is 14.6 Å². The summed E-state index contributed by atoms with van der Waals surface area (Å²) >= 11 is 0. The van der Waals surface area contributed by atoms with E-state index >= 15 is 0 Å². The van der Waals surface area contributed by atoms with Crippen molar-refractivity contribution in [2.45, 2.75) is 39.7 Å². The second kappa shape index (κ2) is 7.72. The molecule has 1 aromatic rings. The third-order valence-corrected chi connectivity index (χ3v) is 2.71. The largest absolute Gasteiger partial charge is 0.452 e. The molecule has 0 aliphatic carbocycles. The van der Waals surface area contributed by atoms with E-state index in [9.17, 15) is 9.90 Å². The highest BCUT2D eigenvalue weighted by molar-refractivity contribution is 5.75. The van der Waals surface area contributed by atoms with Crippen molar-refractivity contribution in [1.82, 2.24) is 0 Å². The fraction of sp³-hybridized carbons (Fsp3) is 0.471. The summed E-state index contributed by atoms with van der Waals surface area (Å²) in [6, 6.07) is 9.94. The molecule has 1 atom stereocenters. The first-order chi connectivity index (χ1) is 9.39. The molecule has 0 saturated heterocycles. The maximum Gasteiger partial charge on any atom is 0.312 e. The minimum Gasteiger partial charge on any atom is -0.452 e. The van der Waals surface area contributed by atoms with Crippen LogP contribution in [0.5, 0.6) is 0 Å². The SMILES string of the molecule is CC(C)(C)C(=O)OCC#CC(O)CCc1ccccc1. The van der Waals surface area contributed by atoms with Crippen LogP contribution in [0.2, 0.25) is 0 Å². The van der Waals surface area contributed by atoms with Crippen LogP contribution in [0.1, 0.15) is 32.8 Å². The number of esters is 1. The topological polar surface area (TPSA) is 46.5 Å². The second-order valence-corrected chi connectivity index (χ2v) is 5.69. The van der Waals surface area contributed by atoms with Gasteiger partial charge in [0.2, 0.25) is 0 Å². The number of hydrogen-bond acceptors (Lipinski definition) is 3. The molecule has 1 N–H and O–H groups in total. The van der Waals surface area contributed by atoms with Gasteiger partial charge in [-0.1, -0.05) is 42.2 Å². The Balaban J connectivity index is 2.28. The van der Waals surface area contributed by atoms with E-state index in [-0.39, 0.29) is 12.6 Å². The predicted molar refractivity (Wildman–Crippen MR) is 79.0 cm³/mol. The lowest BCUT2D eigenvalue weighted by atomic mass is 9.97. The molecule has 0 saturated carbocycles. The van der Waals surface area contributed by atoms with Crippen LogP contribution in [-0.2, 0) is 16.0 Å². The van der Waals surface area contributed by atoms with Gasteiger partial charge in [0.1, 0.15) is 6.10 Å². The molecular weight excluding hydrogens is 252 g/mol. The normalized spacial score (nSPS) is 12.2. The molecule has 3 heteroatoms. The van der Waals surface area contributed by atoms with Gasteiger partial charge in [-0.2, -0.15) is 0 Å². The third-order valence-electron chi connectivity index (χ3n) is 2.71. The van der Waals surface area contributed by atoms with Crippen molar-refractivity contribution in [3.8, 4) is 11.8 Å². The lowest BCUT2D eigenvalue weighted by Gasteiger charge is -2.14. The van der Waals surface area contributed by atoms with E-state index in [0.717, 1.165) is 6.42 Å². The van der Waals surface area contributed by atoms with Crippen LogP contribution in [0.3, 0.4) is 0 Å². The van der Waals surface area contributed by atoms with Gasteiger partial charge in [0.25, 0.3) is 0 Å². The van der Waals surface area contributed by atoms with E-state index in [2.05, 4.69) is 11.8 Å². The first-order valence-electron chi connectivity index (χ1n) is 6.77. The number of ether oxygens (including phenoxy) is 1. The highest BCUT2D eigenvalue weighted by Crippen LogP contribution is 2.14. The Hall–Kier alpha value is -1.79. The number of rotatable bonds is 4. The molecule has 20 heavy (non-hydrogen) atoms. The molecule has 0 fully saturated rings. The molecule has 0 aliphatic heterocycles.